The number of halogens is 1. The lowest BCUT2D eigenvalue weighted by Crippen LogP contribution is -2.53. The maximum Gasteiger partial charge on any atom is 0.119 e. The third-order valence-corrected chi connectivity index (χ3v) is 8.31. The zero-order valence-corrected chi connectivity index (χ0v) is 22.5. The lowest BCUT2D eigenvalue weighted by atomic mass is 10.0. The van der Waals surface area contributed by atoms with Gasteiger partial charge in [0.2, 0.25) is 0 Å². The van der Waals surface area contributed by atoms with Gasteiger partial charge in [0.25, 0.3) is 0 Å². The SMILES string of the molecule is Cl.OC[C@@H](O)[C@@H](O)[C@@H](O)[C@@H](O)CN(CCOc1ccc2c(c1)CCSS2)C[C@H](O)[C@H](O)[C@H](O)[C@H](O)CO. The number of hydrogen-bond acceptors (Lipinski definition) is 14. The van der Waals surface area contributed by atoms with Gasteiger partial charge in [-0.05, 0) is 30.2 Å². The van der Waals surface area contributed by atoms with Crippen molar-refractivity contribution in [2.45, 2.75) is 60.1 Å². The van der Waals surface area contributed by atoms with Gasteiger partial charge >= 0.3 is 0 Å². The van der Waals surface area contributed by atoms with E-state index in [1.807, 2.05) is 18.2 Å². The predicted octanol–water partition coefficient (Wildman–Crippen LogP) is -3.04. The van der Waals surface area contributed by atoms with Crippen LogP contribution in [0.5, 0.6) is 5.75 Å². The third kappa shape index (κ3) is 10.6. The van der Waals surface area contributed by atoms with Crippen molar-refractivity contribution in [2.75, 3.05) is 45.2 Å². The van der Waals surface area contributed by atoms with Gasteiger partial charge in [0.15, 0.2) is 0 Å². The van der Waals surface area contributed by atoms with E-state index in [1.54, 1.807) is 21.6 Å². The summed E-state index contributed by atoms with van der Waals surface area (Å²) in [6.45, 7) is -2.21. The highest BCUT2D eigenvalue weighted by atomic mass is 35.5. The monoisotopic (exact) mass is 591 g/mol. The van der Waals surface area contributed by atoms with Crippen LogP contribution in [0.3, 0.4) is 0 Å². The Hall–Kier alpha value is -0.430. The molecule has 1 aliphatic heterocycles. The minimum atomic E-state index is -1.84. The van der Waals surface area contributed by atoms with Crippen molar-refractivity contribution >= 4 is 34.0 Å². The fourth-order valence-corrected chi connectivity index (χ4v) is 5.87. The van der Waals surface area contributed by atoms with Gasteiger partial charge in [-0.25, -0.2) is 0 Å². The van der Waals surface area contributed by atoms with Gasteiger partial charge in [-0.3, -0.25) is 4.90 Å². The second-order valence-corrected chi connectivity index (χ2v) is 11.1. The van der Waals surface area contributed by atoms with E-state index in [4.69, 9.17) is 14.9 Å². The zero-order chi connectivity index (χ0) is 26.8. The number of aryl methyl sites for hydroxylation is 1. The Bertz CT molecular complexity index is 756. The van der Waals surface area contributed by atoms with Crippen molar-refractivity contribution in [3.05, 3.63) is 23.8 Å². The minimum Gasteiger partial charge on any atom is -0.492 e. The summed E-state index contributed by atoms with van der Waals surface area (Å²) in [5.41, 5.74) is 1.16. The number of fused-ring (bicyclic) bond motifs is 1. The number of aliphatic hydroxyl groups excluding tert-OH is 10. The molecule has 1 aromatic carbocycles. The number of nitrogens with zero attached hydrogens (tertiary/aromatic N) is 1. The second-order valence-electron chi connectivity index (χ2n) is 8.63. The first kappa shape index (κ1) is 34.6. The highest BCUT2D eigenvalue weighted by molar-refractivity contribution is 8.76. The van der Waals surface area contributed by atoms with Crippen LogP contribution in [0.25, 0.3) is 0 Å². The molecule has 1 aliphatic rings. The van der Waals surface area contributed by atoms with Crippen LogP contribution >= 0.6 is 34.0 Å². The van der Waals surface area contributed by atoms with Crippen LogP contribution in [-0.2, 0) is 6.42 Å². The predicted molar refractivity (Wildman–Crippen MR) is 140 cm³/mol. The Labute approximate surface area is 229 Å². The molecule has 0 bridgehead atoms. The largest absolute Gasteiger partial charge is 0.492 e. The molecule has 10 N–H and O–H groups in total. The van der Waals surface area contributed by atoms with E-state index >= 15 is 0 Å². The van der Waals surface area contributed by atoms with E-state index < -0.39 is 62.0 Å². The summed E-state index contributed by atoms with van der Waals surface area (Å²) in [6, 6.07) is 5.71. The second kappa shape index (κ2) is 17.3. The van der Waals surface area contributed by atoms with Crippen molar-refractivity contribution < 1.29 is 55.8 Å². The molecule has 216 valence electrons. The van der Waals surface area contributed by atoms with Crippen molar-refractivity contribution in [3.8, 4) is 5.75 Å². The molecule has 2 rings (SSSR count). The Kier molecular flexibility index (Phi) is 16.2. The Morgan fingerprint density at radius 1 is 0.784 bits per heavy atom. The van der Waals surface area contributed by atoms with Crippen molar-refractivity contribution in [2.24, 2.45) is 0 Å². The maximum atomic E-state index is 10.4. The average molecular weight is 592 g/mol. The third-order valence-electron chi connectivity index (χ3n) is 5.85. The van der Waals surface area contributed by atoms with Crippen LogP contribution in [0, 0.1) is 0 Å². The van der Waals surface area contributed by atoms with Crippen LogP contribution in [-0.4, -0.2) is 150 Å². The van der Waals surface area contributed by atoms with E-state index in [1.165, 1.54) is 9.80 Å². The molecule has 12 nitrogen and oxygen atoms in total. The van der Waals surface area contributed by atoms with Crippen LogP contribution < -0.4 is 4.74 Å². The molecule has 37 heavy (non-hydrogen) atoms. The molecule has 0 saturated heterocycles. The number of aliphatic hydroxyl groups is 10. The molecule has 0 aromatic heterocycles. The van der Waals surface area contributed by atoms with Crippen molar-refractivity contribution in [1.29, 1.82) is 0 Å². The van der Waals surface area contributed by atoms with Crippen LogP contribution in [0.4, 0.5) is 0 Å². The standard InChI is InChI=1S/C22H37NO11S2.ClH/c24-10-16(28)21(32)19(30)14(26)8-23(9-15(27)20(31)22(33)17(29)11-25)4-5-34-13-1-2-18-12(7-13)3-6-35-36-18;/h1-2,7,14-17,19-22,24-33H,3-6,8-11H2;1H/t14-,15-,16+,17+,19-,20-,21+,22+;/m0./s1. The Morgan fingerprint density at radius 3 is 1.81 bits per heavy atom. The van der Waals surface area contributed by atoms with Crippen LogP contribution in [0.15, 0.2) is 23.1 Å². The zero-order valence-electron chi connectivity index (χ0n) is 20.1. The summed E-state index contributed by atoms with van der Waals surface area (Å²) < 4.78 is 5.80. The first-order chi connectivity index (χ1) is 17.1. The summed E-state index contributed by atoms with van der Waals surface area (Å²) in [7, 11) is 3.48. The number of ether oxygens (including phenoxy) is 1. The number of hydrogen-bond donors (Lipinski definition) is 10. The molecule has 0 radical (unpaired) electrons. The fraction of sp³-hybridized carbons (Fsp3) is 0.727. The van der Waals surface area contributed by atoms with Crippen LogP contribution in [0.1, 0.15) is 5.56 Å². The average Bonchev–Trinajstić information content (AvgIpc) is 2.89. The molecule has 0 amide bonds. The molecule has 8 atom stereocenters. The van der Waals surface area contributed by atoms with Gasteiger partial charge in [-0.15, -0.1) is 12.4 Å². The van der Waals surface area contributed by atoms with Gasteiger partial charge < -0.3 is 55.8 Å². The summed E-state index contributed by atoms with van der Waals surface area (Å²) >= 11 is 0. The molecule has 0 aliphatic carbocycles. The topological polar surface area (TPSA) is 215 Å². The lowest BCUT2D eigenvalue weighted by molar-refractivity contribution is -0.130. The minimum absolute atomic E-state index is 0. The summed E-state index contributed by atoms with van der Waals surface area (Å²) in [5.74, 6) is 1.61. The van der Waals surface area contributed by atoms with E-state index in [-0.39, 0.29) is 38.6 Å². The molecule has 0 spiro atoms. The molecule has 0 unspecified atom stereocenters. The van der Waals surface area contributed by atoms with E-state index in [0.717, 1.165) is 17.7 Å². The quantitative estimate of drug-likeness (QED) is 0.0865. The molecule has 1 heterocycles. The fourth-order valence-electron chi connectivity index (χ4n) is 3.60. The molecule has 0 fully saturated rings. The molecule has 15 heteroatoms. The van der Waals surface area contributed by atoms with Gasteiger partial charge in [0.1, 0.15) is 49.0 Å². The normalized spacial score (nSPS) is 20.1. The van der Waals surface area contributed by atoms with Gasteiger partial charge in [-0.2, -0.15) is 0 Å². The maximum absolute atomic E-state index is 10.4. The molecular weight excluding hydrogens is 554 g/mol. The van der Waals surface area contributed by atoms with E-state index in [2.05, 4.69) is 0 Å². The van der Waals surface area contributed by atoms with E-state index in [0.29, 0.717) is 5.75 Å². The molecular formula is C22H38ClNO11S2. The van der Waals surface area contributed by atoms with Gasteiger partial charge in [-0.1, -0.05) is 21.6 Å². The number of benzene rings is 1. The van der Waals surface area contributed by atoms with Gasteiger partial charge in [0.05, 0.1) is 25.4 Å². The Morgan fingerprint density at radius 2 is 1.30 bits per heavy atom. The molecule has 0 saturated carbocycles. The highest BCUT2D eigenvalue weighted by Crippen LogP contribution is 2.40. The lowest BCUT2D eigenvalue weighted by Gasteiger charge is -2.33. The summed E-state index contributed by atoms with van der Waals surface area (Å²) in [4.78, 5) is 2.56. The number of rotatable bonds is 16. The van der Waals surface area contributed by atoms with E-state index in [9.17, 15) is 40.9 Å². The smallest absolute Gasteiger partial charge is 0.119 e. The summed E-state index contributed by atoms with van der Waals surface area (Å²) in [6.07, 6.45) is -13.1. The Balaban J connectivity index is 0.00000684. The van der Waals surface area contributed by atoms with Gasteiger partial charge in [0, 0.05) is 30.3 Å². The highest BCUT2D eigenvalue weighted by Gasteiger charge is 2.34. The molecule has 1 aromatic rings. The first-order valence-corrected chi connectivity index (χ1v) is 13.8. The van der Waals surface area contributed by atoms with Crippen molar-refractivity contribution in [3.63, 3.8) is 0 Å². The van der Waals surface area contributed by atoms with Crippen LogP contribution in [0.2, 0.25) is 0 Å². The van der Waals surface area contributed by atoms with Crippen molar-refractivity contribution in [1.82, 2.24) is 4.90 Å². The summed E-state index contributed by atoms with van der Waals surface area (Å²) in [5, 5.41) is 97.8. The first-order valence-electron chi connectivity index (χ1n) is 11.5.